The minimum atomic E-state index is 0.314. The van der Waals surface area contributed by atoms with Gasteiger partial charge < -0.3 is 14.6 Å². The molecule has 3 nitrogen and oxygen atoms in total. The third kappa shape index (κ3) is 4.39. The summed E-state index contributed by atoms with van der Waals surface area (Å²) in [6, 6.07) is 14.9. The van der Waals surface area contributed by atoms with Gasteiger partial charge in [0, 0.05) is 6.42 Å². The van der Waals surface area contributed by atoms with Crippen molar-refractivity contribution >= 4 is 0 Å². The summed E-state index contributed by atoms with van der Waals surface area (Å²) in [6.45, 7) is 0.520. The summed E-state index contributed by atoms with van der Waals surface area (Å²) in [6.07, 6.45) is 8.99. The van der Waals surface area contributed by atoms with Crippen molar-refractivity contribution < 1.29 is 14.6 Å². The third-order valence-corrected chi connectivity index (χ3v) is 3.65. The van der Waals surface area contributed by atoms with Crippen LogP contribution in [0.15, 0.2) is 72.5 Å². The lowest BCUT2D eigenvalue weighted by Crippen LogP contribution is -2.01. The van der Waals surface area contributed by atoms with Crippen LogP contribution in [0.2, 0.25) is 0 Å². The fraction of sp³-hybridized carbons (Fsp3) is 0.200. The molecule has 3 heteroatoms. The normalized spacial score (nSPS) is 13.5. The van der Waals surface area contributed by atoms with E-state index in [0.717, 1.165) is 35.7 Å². The first-order chi connectivity index (χ1) is 11.3. The van der Waals surface area contributed by atoms with E-state index in [4.69, 9.17) is 9.47 Å². The van der Waals surface area contributed by atoms with E-state index >= 15 is 0 Å². The van der Waals surface area contributed by atoms with Crippen molar-refractivity contribution in [2.45, 2.75) is 19.3 Å². The maximum absolute atomic E-state index is 9.72. The van der Waals surface area contributed by atoms with Crippen molar-refractivity contribution in [2.24, 2.45) is 0 Å². The van der Waals surface area contributed by atoms with Gasteiger partial charge in [-0.1, -0.05) is 24.3 Å². The van der Waals surface area contributed by atoms with Crippen LogP contribution < -0.4 is 9.47 Å². The molecule has 2 aromatic rings. The van der Waals surface area contributed by atoms with E-state index in [1.807, 2.05) is 48.5 Å². The van der Waals surface area contributed by atoms with Crippen molar-refractivity contribution in [2.75, 3.05) is 6.61 Å². The van der Waals surface area contributed by atoms with Gasteiger partial charge in [0.1, 0.15) is 23.0 Å². The van der Waals surface area contributed by atoms with Crippen LogP contribution in [0.4, 0.5) is 0 Å². The van der Waals surface area contributed by atoms with E-state index in [0.29, 0.717) is 18.8 Å². The Bertz CT molecular complexity index is 699. The molecule has 23 heavy (non-hydrogen) atoms. The minimum absolute atomic E-state index is 0.314. The number of aromatic hydroxyl groups is 1. The highest BCUT2D eigenvalue weighted by Gasteiger charge is 2.03. The van der Waals surface area contributed by atoms with Crippen LogP contribution in [0, 0.1) is 0 Å². The Balaban J connectivity index is 1.50. The molecule has 0 spiro atoms. The summed E-state index contributed by atoms with van der Waals surface area (Å²) >= 11 is 0. The van der Waals surface area contributed by atoms with Gasteiger partial charge in [0.15, 0.2) is 0 Å². The Kier molecular flexibility index (Phi) is 4.99. The molecular weight excluding hydrogens is 288 g/mol. The fourth-order valence-corrected chi connectivity index (χ4v) is 2.41. The van der Waals surface area contributed by atoms with E-state index in [1.54, 1.807) is 6.07 Å². The van der Waals surface area contributed by atoms with E-state index in [-0.39, 0.29) is 0 Å². The molecule has 2 aromatic carbocycles. The summed E-state index contributed by atoms with van der Waals surface area (Å²) in [4.78, 5) is 0. The quantitative estimate of drug-likeness (QED) is 0.846. The van der Waals surface area contributed by atoms with Gasteiger partial charge in [-0.05, 0) is 60.9 Å². The predicted octanol–water partition coefficient (Wildman–Crippen LogP) is 4.63. The van der Waals surface area contributed by atoms with Gasteiger partial charge in [0.05, 0.1) is 6.61 Å². The Hall–Kier alpha value is -2.68. The molecule has 0 amide bonds. The van der Waals surface area contributed by atoms with Crippen molar-refractivity contribution in [3.63, 3.8) is 0 Å². The molecule has 0 radical (unpaired) electrons. The number of allylic oxidation sites excluding steroid dienone is 3. The van der Waals surface area contributed by atoms with Crippen LogP contribution in [0.1, 0.15) is 18.4 Å². The summed E-state index contributed by atoms with van der Waals surface area (Å²) in [5.74, 6) is 2.80. The van der Waals surface area contributed by atoms with Crippen molar-refractivity contribution in [1.29, 1.82) is 0 Å². The first kappa shape index (κ1) is 15.2. The first-order valence-corrected chi connectivity index (χ1v) is 7.85. The molecule has 0 aromatic heterocycles. The number of phenolic OH excluding ortho intramolecular Hbond substituents is 1. The zero-order valence-electron chi connectivity index (χ0n) is 12.9. The molecule has 0 saturated carbocycles. The van der Waals surface area contributed by atoms with Crippen LogP contribution in [0.3, 0.4) is 0 Å². The second kappa shape index (κ2) is 7.54. The molecule has 0 saturated heterocycles. The van der Waals surface area contributed by atoms with Crippen LogP contribution in [0.5, 0.6) is 17.2 Å². The van der Waals surface area contributed by atoms with Crippen molar-refractivity contribution in [3.05, 3.63) is 78.1 Å². The molecule has 0 unspecified atom stereocenters. The standard InChI is InChI=1S/C20H20O3/c21-20-9-5-4-6-16(20)14-15-22-17-10-12-19(13-11-17)23-18-7-2-1-3-8-18/h2,4-13,21H,1,3,14-15H2. The molecule has 0 atom stereocenters. The lowest BCUT2D eigenvalue weighted by molar-refractivity contribution is 0.319. The number of hydrogen-bond donors (Lipinski definition) is 1. The van der Waals surface area contributed by atoms with Crippen LogP contribution in [-0.4, -0.2) is 11.7 Å². The molecule has 0 fully saturated rings. The predicted molar refractivity (Wildman–Crippen MR) is 90.8 cm³/mol. The zero-order valence-corrected chi connectivity index (χ0v) is 12.9. The number of para-hydroxylation sites is 1. The SMILES string of the molecule is Oc1ccccc1CCOc1ccc(OC2=CCCC=C2)cc1. The highest BCUT2D eigenvalue weighted by Crippen LogP contribution is 2.22. The Labute approximate surface area is 136 Å². The summed E-state index contributed by atoms with van der Waals surface area (Å²) < 4.78 is 11.5. The topological polar surface area (TPSA) is 38.7 Å². The lowest BCUT2D eigenvalue weighted by Gasteiger charge is -2.11. The van der Waals surface area contributed by atoms with E-state index in [1.165, 1.54) is 0 Å². The molecule has 1 aliphatic rings. The van der Waals surface area contributed by atoms with Gasteiger partial charge in [-0.3, -0.25) is 0 Å². The second-order valence-corrected chi connectivity index (χ2v) is 5.39. The number of hydrogen-bond acceptors (Lipinski definition) is 3. The Morgan fingerprint density at radius 2 is 1.70 bits per heavy atom. The van der Waals surface area contributed by atoms with Crippen LogP contribution in [-0.2, 0) is 6.42 Å². The Morgan fingerprint density at radius 1 is 0.913 bits per heavy atom. The minimum Gasteiger partial charge on any atom is -0.508 e. The highest BCUT2D eigenvalue weighted by molar-refractivity contribution is 5.34. The lowest BCUT2D eigenvalue weighted by atomic mass is 10.1. The average Bonchev–Trinajstić information content (AvgIpc) is 2.59. The average molecular weight is 308 g/mol. The monoisotopic (exact) mass is 308 g/mol. The number of rotatable bonds is 6. The van der Waals surface area contributed by atoms with E-state index in [9.17, 15) is 5.11 Å². The molecule has 0 aliphatic heterocycles. The summed E-state index contributed by atoms with van der Waals surface area (Å²) in [5.41, 5.74) is 0.892. The molecule has 3 rings (SSSR count). The highest BCUT2D eigenvalue weighted by atomic mass is 16.5. The van der Waals surface area contributed by atoms with Gasteiger partial charge in [-0.15, -0.1) is 0 Å². The summed E-state index contributed by atoms with van der Waals surface area (Å²) in [5, 5.41) is 9.72. The second-order valence-electron chi connectivity index (χ2n) is 5.39. The molecule has 0 bridgehead atoms. The Morgan fingerprint density at radius 3 is 2.43 bits per heavy atom. The van der Waals surface area contributed by atoms with Crippen molar-refractivity contribution in [1.82, 2.24) is 0 Å². The molecule has 118 valence electrons. The molecule has 1 aliphatic carbocycles. The van der Waals surface area contributed by atoms with Crippen LogP contribution in [0.25, 0.3) is 0 Å². The first-order valence-electron chi connectivity index (χ1n) is 7.85. The number of ether oxygens (including phenoxy) is 2. The largest absolute Gasteiger partial charge is 0.508 e. The zero-order chi connectivity index (χ0) is 15.9. The smallest absolute Gasteiger partial charge is 0.127 e. The van der Waals surface area contributed by atoms with Gasteiger partial charge >= 0.3 is 0 Å². The van der Waals surface area contributed by atoms with Gasteiger partial charge in [-0.2, -0.15) is 0 Å². The van der Waals surface area contributed by atoms with Gasteiger partial charge in [0.25, 0.3) is 0 Å². The fourth-order valence-electron chi connectivity index (χ4n) is 2.41. The third-order valence-electron chi connectivity index (χ3n) is 3.65. The van der Waals surface area contributed by atoms with E-state index in [2.05, 4.69) is 12.2 Å². The molecular formula is C20H20O3. The number of benzene rings is 2. The van der Waals surface area contributed by atoms with Gasteiger partial charge in [0.2, 0.25) is 0 Å². The van der Waals surface area contributed by atoms with Gasteiger partial charge in [-0.25, -0.2) is 0 Å². The van der Waals surface area contributed by atoms with Crippen LogP contribution >= 0.6 is 0 Å². The summed E-state index contributed by atoms with van der Waals surface area (Å²) in [7, 11) is 0. The van der Waals surface area contributed by atoms with Crippen molar-refractivity contribution in [3.8, 4) is 17.2 Å². The maximum Gasteiger partial charge on any atom is 0.127 e. The maximum atomic E-state index is 9.72. The van der Waals surface area contributed by atoms with E-state index < -0.39 is 0 Å². The number of phenols is 1. The molecule has 1 N–H and O–H groups in total. The molecule has 0 heterocycles.